The predicted octanol–water partition coefficient (Wildman–Crippen LogP) is -0.316. The van der Waals surface area contributed by atoms with Crippen LogP contribution in [0.25, 0.3) is 12.2 Å². The Bertz CT molecular complexity index is 822. The van der Waals surface area contributed by atoms with Crippen LogP contribution in [-0.4, -0.2) is 47.4 Å². The molecule has 0 radical (unpaired) electrons. The molecule has 2 rings (SSSR count). The second kappa shape index (κ2) is 10.3. The Balaban J connectivity index is 0.000000401. The van der Waals surface area contributed by atoms with Gasteiger partial charge in [0.25, 0.3) is 0 Å². The van der Waals surface area contributed by atoms with Gasteiger partial charge >= 0.3 is 11.6 Å². The van der Waals surface area contributed by atoms with Gasteiger partial charge in [0.05, 0.1) is 0 Å². The zero-order chi connectivity index (χ0) is 19.7. The van der Waals surface area contributed by atoms with E-state index in [0.29, 0.717) is 30.0 Å². The van der Waals surface area contributed by atoms with Crippen LogP contribution in [0.4, 0.5) is 0 Å². The van der Waals surface area contributed by atoms with Crippen molar-refractivity contribution < 1.29 is 23.9 Å². The van der Waals surface area contributed by atoms with Gasteiger partial charge < -0.3 is 14.4 Å². The molecule has 0 aliphatic carbocycles. The predicted molar refractivity (Wildman–Crippen MR) is 96.0 cm³/mol. The van der Waals surface area contributed by atoms with E-state index in [1.54, 1.807) is 19.1 Å². The van der Waals surface area contributed by atoms with Crippen LogP contribution < -0.4 is 21.6 Å². The number of hydrogen-bond donors (Lipinski definition) is 2. The molecule has 0 spiro atoms. The number of amides is 2. The molecule has 0 saturated carbocycles. The minimum atomic E-state index is -1.27. The Morgan fingerprint density at radius 3 is 2.19 bits per heavy atom. The Morgan fingerprint density at radius 2 is 1.81 bits per heavy atom. The number of hydrogen-bond acceptors (Lipinski definition) is 6. The lowest BCUT2D eigenvalue weighted by atomic mass is 10.2. The monoisotopic (exact) mass is 364 g/mol. The van der Waals surface area contributed by atoms with Gasteiger partial charge in [0.2, 0.25) is 11.8 Å². The molecule has 2 amide bonds. The summed E-state index contributed by atoms with van der Waals surface area (Å²) >= 11 is 0. The fourth-order valence-corrected chi connectivity index (χ4v) is 2.23. The van der Waals surface area contributed by atoms with Crippen LogP contribution in [0, 0.1) is 0 Å². The second-order valence-corrected chi connectivity index (χ2v) is 5.52. The summed E-state index contributed by atoms with van der Waals surface area (Å²) in [6.45, 7) is 8.33. The average Bonchev–Trinajstić information content (AvgIpc) is 2.99. The number of carbonyl (C=O) groups excluding carboxylic acids is 2. The molecule has 8 nitrogen and oxygen atoms in total. The van der Waals surface area contributed by atoms with E-state index in [0.717, 1.165) is 13.1 Å². The lowest BCUT2D eigenvalue weighted by molar-refractivity contribution is -0.124. The standard InChI is InChI=1S/C14H19NO4.C4H5NO2/c1-4-10-9-11(13(16)17)14(18)19-12(10)7-8-15(5-2)6-3;6-3-1-2-4(7)5-3/h4,7,9H,5-6,8H2,1-3H3,(H,16,17);1-2H2,(H,5,6,7)/b10-4-,12-7+;. The molecule has 0 bridgehead atoms. The summed E-state index contributed by atoms with van der Waals surface area (Å²) in [7, 11) is 0. The smallest absolute Gasteiger partial charge is 0.351 e. The maximum atomic E-state index is 11.5. The van der Waals surface area contributed by atoms with E-state index in [-0.39, 0.29) is 17.4 Å². The van der Waals surface area contributed by atoms with Crippen molar-refractivity contribution in [1.29, 1.82) is 0 Å². The number of imide groups is 1. The number of nitrogens with zero attached hydrogens (tertiary/aromatic N) is 1. The highest BCUT2D eigenvalue weighted by atomic mass is 16.4. The number of carbonyl (C=O) groups is 3. The summed E-state index contributed by atoms with van der Waals surface area (Å²) in [6.07, 6.45) is 4.27. The van der Waals surface area contributed by atoms with Crippen LogP contribution in [0.15, 0.2) is 15.3 Å². The third kappa shape index (κ3) is 6.29. The molecule has 1 aliphatic heterocycles. The fourth-order valence-electron chi connectivity index (χ4n) is 2.23. The number of carboxylic acid groups (broad SMARTS) is 1. The van der Waals surface area contributed by atoms with Gasteiger partial charge in [-0.3, -0.25) is 14.9 Å². The van der Waals surface area contributed by atoms with Gasteiger partial charge in [-0.05, 0) is 32.2 Å². The van der Waals surface area contributed by atoms with Gasteiger partial charge in [-0.1, -0.05) is 19.9 Å². The lowest BCUT2D eigenvalue weighted by Crippen LogP contribution is -2.34. The maximum absolute atomic E-state index is 11.5. The number of aromatic carboxylic acids is 1. The Hall–Kier alpha value is -2.74. The molecule has 1 aromatic heterocycles. The molecule has 2 heterocycles. The molecule has 0 atom stereocenters. The largest absolute Gasteiger partial charge is 0.477 e. The van der Waals surface area contributed by atoms with Crippen LogP contribution in [-0.2, 0) is 9.59 Å². The van der Waals surface area contributed by atoms with Gasteiger partial charge in [-0.2, -0.15) is 0 Å². The van der Waals surface area contributed by atoms with Crippen molar-refractivity contribution in [2.24, 2.45) is 0 Å². The molecule has 0 aromatic carbocycles. The molecule has 1 saturated heterocycles. The number of nitrogens with one attached hydrogen (secondary N) is 1. The lowest BCUT2D eigenvalue weighted by Gasteiger charge is -2.14. The summed E-state index contributed by atoms with van der Waals surface area (Å²) in [5, 5.41) is 11.6. The number of carboxylic acids is 1. The van der Waals surface area contributed by atoms with Crippen molar-refractivity contribution in [3.63, 3.8) is 0 Å². The molecule has 1 fully saturated rings. The molecular formula is C18H24N2O6. The second-order valence-electron chi connectivity index (χ2n) is 5.52. The fraction of sp³-hybridized carbons (Fsp3) is 0.444. The minimum Gasteiger partial charge on any atom is -0.477 e. The topological polar surface area (TPSA) is 117 Å². The van der Waals surface area contributed by atoms with E-state index in [2.05, 4.69) is 10.2 Å². The van der Waals surface area contributed by atoms with E-state index >= 15 is 0 Å². The zero-order valence-electron chi connectivity index (χ0n) is 15.2. The van der Waals surface area contributed by atoms with Crippen LogP contribution in [0.2, 0.25) is 0 Å². The highest BCUT2D eigenvalue weighted by molar-refractivity contribution is 6.01. The van der Waals surface area contributed by atoms with Crippen LogP contribution >= 0.6 is 0 Å². The van der Waals surface area contributed by atoms with Gasteiger partial charge in [-0.15, -0.1) is 0 Å². The van der Waals surface area contributed by atoms with Crippen molar-refractivity contribution in [3.8, 4) is 0 Å². The molecule has 1 aliphatic rings. The van der Waals surface area contributed by atoms with E-state index in [1.807, 2.05) is 13.8 Å². The summed E-state index contributed by atoms with van der Waals surface area (Å²) in [5.41, 5.74) is -0.735. The Kier molecular flexibility index (Phi) is 8.44. The van der Waals surface area contributed by atoms with Gasteiger partial charge in [-0.25, -0.2) is 9.59 Å². The maximum Gasteiger partial charge on any atom is 0.351 e. The third-order valence-electron chi connectivity index (χ3n) is 3.84. The third-order valence-corrected chi connectivity index (χ3v) is 3.84. The van der Waals surface area contributed by atoms with Gasteiger partial charge in [0.15, 0.2) is 0 Å². The molecule has 0 unspecified atom stereocenters. The van der Waals surface area contributed by atoms with Crippen molar-refractivity contribution >= 4 is 29.9 Å². The Morgan fingerprint density at radius 1 is 1.23 bits per heavy atom. The number of rotatable bonds is 5. The van der Waals surface area contributed by atoms with Crippen molar-refractivity contribution in [1.82, 2.24) is 10.2 Å². The van der Waals surface area contributed by atoms with Crippen LogP contribution in [0.3, 0.4) is 0 Å². The average molecular weight is 364 g/mol. The van der Waals surface area contributed by atoms with E-state index in [4.69, 9.17) is 9.52 Å². The summed E-state index contributed by atoms with van der Waals surface area (Å²) in [6, 6.07) is 1.35. The first-order chi connectivity index (χ1) is 12.3. The molecule has 2 N–H and O–H groups in total. The molecule has 8 heteroatoms. The van der Waals surface area contributed by atoms with E-state index in [9.17, 15) is 19.2 Å². The van der Waals surface area contributed by atoms with Crippen molar-refractivity contribution in [3.05, 3.63) is 32.7 Å². The van der Waals surface area contributed by atoms with Crippen molar-refractivity contribution in [2.45, 2.75) is 33.6 Å². The quantitative estimate of drug-likeness (QED) is 0.688. The first-order valence-electron chi connectivity index (χ1n) is 8.41. The molecule has 142 valence electrons. The van der Waals surface area contributed by atoms with Crippen LogP contribution in [0.5, 0.6) is 0 Å². The van der Waals surface area contributed by atoms with Crippen molar-refractivity contribution in [2.75, 3.05) is 19.6 Å². The SMILES string of the molecule is C/C=c1/cc(C(=O)O)c(=O)o/c1=C/CN(CC)CC.O=C1CCC(=O)N1. The van der Waals surface area contributed by atoms with Gasteiger partial charge in [0, 0.05) is 24.6 Å². The highest BCUT2D eigenvalue weighted by Crippen LogP contribution is 1.95. The normalized spacial score (nSPS) is 15.1. The highest BCUT2D eigenvalue weighted by Gasteiger charge is 2.15. The first kappa shape index (κ1) is 21.3. The summed E-state index contributed by atoms with van der Waals surface area (Å²) in [4.78, 5) is 44.8. The minimum absolute atomic E-state index is 0.148. The van der Waals surface area contributed by atoms with E-state index < -0.39 is 11.6 Å². The Labute approximate surface area is 150 Å². The molecule has 1 aromatic rings. The molecular weight excluding hydrogens is 340 g/mol. The molecule has 26 heavy (non-hydrogen) atoms. The zero-order valence-corrected chi connectivity index (χ0v) is 15.2. The van der Waals surface area contributed by atoms with Crippen LogP contribution in [0.1, 0.15) is 44.0 Å². The van der Waals surface area contributed by atoms with Gasteiger partial charge in [0.1, 0.15) is 11.0 Å². The van der Waals surface area contributed by atoms with E-state index in [1.165, 1.54) is 6.07 Å². The summed E-state index contributed by atoms with van der Waals surface area (Å²) in [5.74, 6) is -1.57. The summed E-state index contributed by atoms with van der Waals surface area (Å²) < 4.78 is 5.08. The first-order valence-corrected chi connectivity index (χ1v) is 8.41.